The summed E-state index contributed by atoms with van der Waals surface area (Å²) in [5, 5.41) is 7.81. The van der Waals surface area contributed by atoms with Crippen LogP contribution in [0.25, 0.3) is 0 Å². The van der Waals surface area contributed by atoms with E-state index in [-0.39, 0.29) is 5.69 Å². The second-order valence-electron chi connectivity index (χ2n) is 5.15. The number of methoxy groups -OCH3 is 1. The van der Waals surface area contributed by atoms with E-state index >= 15 is 0 Å². The summed E-state index contributed by atoms with van der Waals surface area (Å²) in [5.41, 5.74) is 0.653. The lowest BCUT2D eigenvalue weighted by Gasteiger charge is -2.29. The summed E-state index contributed by atoms with van der Waals surface area (Å²) in [6.45, 7) is 0.858. The molecular weight excluding hydrogens is 296 g/mol. The van der Waals surface area contributed by atoms with Gasteiger partial charge in [0.1, 0.15) is 11.4 Å². The number of nitrogens with zero attached hydrogens (tertiary/aromatic N) is 3. The number of aromatic nitrogens is 2. The molecule has 9 heteroatoms. The topological polar surface area (TPSA) is 101 Å². The van der Waals surface area contributed by atoms with Gasteiger partial charge in [0.2, 0.25) is 0 Å². The highest BCUT2D eigenvalue weighted by molar-refractivity contribution is 7.87. The molecule has 0 radical (unpaired) electrons. The maximum atomic E-state index is 12.0. The fourth-order valence-electron chi connectivity index (χ4n) is 2.06. The molecule has 1 aliphatic carbocycles. The number of nitrogens with one attached hydrogen (secondary N) is 1. The van der Waals surface area contributed by atoms with Crippen LogP contribution in [-0.2, 0) is 10.2 Å². The Morgan fingerprint density at radius 1 is 1.38 bits per heavy atom. The molecule has 0 aromatic carbocycles. The van der Waals surface area contributed by atoms with E-state index in [4.69, 9.17) is 4.74 Å². The summed E-state index contributed by atoms with van der Waals surface area (Å²) in [6, 6.07) is 1.43. The van der Waals surface area contributed by atoms with E-state index in [1.165, 1.54) is 17.5 Å². The molecule has 8 nitrogen and oxygen atoms in total. The van der Waals surface area contributed by atoms with Gasteiger partial charge in [-0.3, -0.25) is 4.79 Å². The van der Waals surface area contributed by atoms with Crippen LogP contribution in [0, 0.1) is 0 Å². The van der Waals surface area contributed by atoms with Gasteiger partial charge in [0.25, 0.3) is 5.91 Å². The van der Waals surface area contributed by atoms with Crippen molar-refractivity contribution in [2.75, 3.05) is 20.2 Å². The Morgan fingerprint density at radius 2 is 2.10 bits per heavy atom. The van der Waals surface area contributed by atoms with E-state index in [1.54, 1.807) is 0 Å². The lowest BCUT2D eigenvalue weighted by Crippen LogP contribution is -2.49. The van der Waals surface area contributed by atoms with E-state index in [9.17, 15) is 13.2 Å². The summed E-state index contributed by atoms with van der Waals surface area (Å²) < 4.78 is 32.1. The zero-order chi connectivity index (χ0) is 15.0. The summed E-state index contributed by atoms with van der Waals surface area (Å²) in [5.74, 6) is 0.00317. The molecule has 1 aliphatic heterocycles. The van der Waals surface area contributed by atoms with Crippen LogP contribution in [0.15, 0.2) is 6.07 Å². The number of rotatable bonds is 5. The van der Waals surface area contributed by atoms with Gasteiger partial charge < -0.3 is 4.74 Å². The third-order valence-electron chi connectivity index (χ3n) is 3.58. The van der Waals surface area contributed by atoms with Gasteiger partial charge in [-0.15, -0.1) is 5.10 Å². The molecule has 0 bridgehead atoms. The molecule has 1 aromatic rings. The second kappa shape index (κ2) is 5.23. The average molecular weight is 312 g/mol. The minimum atomic E-state index is -3.78. The maximum absolute atomic E-state index is 12.0. The number of hydrogen-bond donors (Lipinski definition) is 1. The van der Waals surface area contributed by atoms with Gasteiger partial charge in [0.15, 0.2) is 5.69 Å². The average Bonchev–Trinajstić information content (AvgIpc) is 3.18. The predicted octanol–water partition coefficient (Wildman–Crippen LogP) is 0.0429. The first-order chi connectivity index (χ1) is 10.0. The molecule has 21 heavy (non-hydrogen) atoms. The van der Waals surface area contributed by atoms with Crippen LogP contribution in [0.2, 0.25) is 0 Å². The van der Waals surface area contributed by atoms with E-state index in [2.05, 4.69) is 10.2 Å². The monoisotopic (exact) mass is 312 g/mol. The number of ether oxygens (including phenoxy) is 1. The Labute approximate surface area is 122 Å². The highest BCUT2D eigenvalue weighted by Crippen LogP contribution is 2.42. The fourth-order valence-corrected chi connectivity index (χ4v) is 3.27. The van der Waals surface area contributed by atoms with Crippen molar-refractivity contribution in [2.24, 2.45) is 0 Å². The molecule has 2 fully saturated rings. The van der Waals surface area contributed by atoms with Gasteiger partial charge in [-0.05, 0) is 19.3 Å². The third-order valence-corrected chi connectivity index (χ3v) is 5.07. The molecule has 1 aromatic heterocycles. The standard InChI is InChI=1S/C12H16N4O4S/c1-20-10-7-9(13-14-11(10)8-3-4-8)12(17)15-21(18,19)16-5-2-6-16/h7-8H,2-6H2,1H3,(H,15,17). The van der Waals surface area contributed by atoms with Gasteiger partial charge in [-0.2, -0.15) is 17.8 Å². The smallest absolute Gasteiger partial charge is 0.304 e. The molecule has 1 saturated heterocycles. The van der Waals surface area contributed by atoms with Crippen molar-refractivity contribution in [3.8, 4) is 5.75 Å². The fraction of sp³-hybridized carbons (Fsp3) is 0.583. The summed E-state index contributed by atoms with van der Waals surface area (Å²) in [7, 11) is -2.29. The number of hydrogen-bond acceptors (Lipinski definition) is 6. The van der Waals surface area contributed by atoms with Crippen LogP contribution in [-0.4, -0.2) is 49.0 Å². The minimum absolute atomic E-state index is 0.0691. The Morgan fingerprint density at radius 3 is 2.62 bits per heavy atom. The number of carbonyl (C=O) groups is 1. The Balaban J connectivity index is 1.78. The van der Waals surface area contributed by atoms with Crippen molar-refractivity contribution in [2.45, 2.75) is 25.2 Å². The normalized spacial score (nSPS) is 18.9. The van der Waals surface area contributed by atoms with Crippen molar-refractivity contribution >= 4 is 16.1 Å². The Bertz CT molecular complexity index is 668. The maximum Gasteiger partial charge on any atom is 0.304 e. The van der Waals surface area contributed by atoms with E-state index in [0.29, 0.717) is 24.8 Å². The lowest BCUT2D eigenvalue weighted by atomic mass is 10.2. The molecule has 2 aliphatic rings. The largest absolute Gasteiger partial charge is 0.495 e. The summed E-state index contributed by atoms with van der Waals surface area (Å²) >= 11 is 0. The molecule has 3 rings (SSSR count). The minimum Gasteiger partial charge on any atom is -0.495 e. The first-order valence-corrected chi connectivity index (χ1v) is 8.19. The van der Waals surface area contributed by atoms with Crippen LogP contribution in [0.5, 0.6) is 5.75 Å². The second-order valence-corrected chi connectivity index (χ2v) is 6.82. The molecule has 0 atom stereocenters. The van der Waals surface area contributed by atoms with Crippen molar-refractivity contribution in [1.29, 1.82) is 0 Å². The first-order valence-electron chi connectivity index (χ1n) is 6.75. The zero-order valence-electron chi connectivity index (χ0n) is 11.6. The Kier molecular flexibility index (Phi) is 3.54. The van der Waals surface area contributed by atoms with Crippen LogP contribution in [0.4, 0.5) is 0 Å². The van der Waals surface area contributed by atoms with Crippen molar-refractivity contribution in [3.05, 3.63) is 17.5 Å². The van der Waals surface area contributed by atoms with E-state index in [1.807, 2.05) is 4.72 Å². The zero-order valence-corrected chi connectivity index (χ0v) is 12.4. The first kappa shape index (κ1) is 14.2. The summed E-state index contributed by atoms with van der Waals surface area (Å²) in [6.07, 6.45) is 2.86. The van der Waals surface area contributed by atoms with Crippen molar-refractivity contribution in [1.82, 2.24) is 19.2 Å². The number of amides is 1. The summed E-state index contributed by atoms with van der Waals surface area (Å²) in [4.78, 5) is 12.0. The highest BCUT2D eigenvalue weighted by Gasteiger charge is 2.32. The van der Waals surface area contributed by atoms with Crippen LogP contribution >= 0.6 is 0 Å². The van der Waals surface area contributed by atoms with Crippen molar-refractivity contribution in [3.63, 3.8) is 0 Å². The SMILES string of the molecule is COc1cc(C(=O)NS(=O)(=O)N2CCC2)nnc1C1CC1. The van der Waals surface area contributed by atoms with Crippen LogP contribution in [0.1, 0.15) is 41.4 Å². The van der Waals surface area contributed by atoms with Crippen molar-refractivity contribution < 1.29 is 17.9 Å². The molecule has 1 N–H and O–H groups in total. The van der Waals surface area contributed by atoms with Gasteiger partial charge in [0.05, 0.1) is 7.11 Å². The van der Waals surface area contributed by atoms with Gasteiger partial charge in [-0.1, -0.05) is 0 Å². The molecule has 0 spiro atoms. The number of carbonyl (C=O) groups excluding carboxylic acids is 1. The predicted molar refractivity (Wildman–Crippen MR) is 73.1 cm³/mol. The molecule has 0 unspecified atom stereocenters. The van der Waals surface area contributed by atoms with Gasteiger partial charge >= 0.3 is 10.2 Å². The molecule has 1 amide bonds. The molecular formula is C12H16N4O4S. The quantitative estimate of drug-likeness (QED) is 0.824. The molecule has 2 heterocycles. The Hall–Kier alpha value is -1.74. The van der Waals surface area contributed by atoms with Gasteiger partial charge in [0, 0.05) is 25.1 Å². The van der Waals surface area contributed by atoms with E-state index < -0.39 is 16.1 Å². The van der Waals surface area contributed by atoms with Crippen LogP contribution in [0.3, 0.4) is 0 Å². The molecule has 1 saturated carbocycles. The van der Waals surface area contributed by atoms with Gasteiger partial charge in [-0.25, -0.2) is 4.72 Å². The highest BCUT2D eigenvalue weighted by atomic mass is 32.2. The lowest BCUT2D eigenvalue weighted by molar-refractivity contribution is 0.0971. The molecule has 114 valence electrons. The van der Waals surface area contributed by atoms with E-state index in [0.717, 1.165) is 25.0 Å². The third kappa shape index (κ3) is 2.84. The van der Waals surface area contributed by atoms with Crippen LogP contribution < -0.4 is 9.46 Å².